The summed E-state index contributed by atoms with van der Waals surface area (Å²) in [4.78, 5) is 0.590. The first-order chi connectivity index (χ1) is 7.60. The molecule has 2 rings (SSSR count). The highest BCUT2D eigenvalue weighted by atomic mass is 32.2. The quantitative estimate of drug-likeness (QED) is 0.796. The summed E-state index contributed by atoms with van der Waals surface area (Å²) in [6.07, 6.45) is 0. The summed E-state index contributed by atoms with van der Waals surface area (Å²) in [5.41, 5.74) is 0.692. The molecule has 16 heavy (non-hydrogen) atoms. The van der Waals surface area contributed by atoms with Crippen LogP contribution in [0.3, 0.4) is 0 Å². The fraction of sp³-hybridized carbons (Fsp3) is 0. The standard InChI is InChI=1S/C13H11O2S/c1-11-6-5-9-13(10-11)16(14,15)12-7-3-2-4-8-12/h2-10H,1H2. The zero-order valence-electron chi connectivity index (χ0n) is 8.63. The third-order valence-corrected chi connectivity index (χ3v) is 4.03. The highest BCUT2D eigenvalue weighted by molar-refractivity contribution is 7.91. The highest BCUT2D eigenvalue weighted by Crippen LogP contribution is 2.20. The van der Waals surface area contributed by atoms with Crippen molar-refractivity contribution in [2.24, 2.45) is 0 Å². The number of hydrogen-bond donors (Lipinski definition) is 0. The highest BCUT2D eigenvalue weighted by Gasteiger charge is 2.16. The lowest BCUT2D eigenvalue weighted by atomic mass is 10.2. The first-order valence-corrected chi connectivity index (χ1v) is 6.31. The monoisotopic (exact) mass is 231 g/mol. The van der Waals surface area contributed by atoms with Gasteiger partial charge in [-0.2, -0.15) is 0 Å². The Hall–Kier alpha value is -1.61. The van der Waals surface area contributed by atoms with Crippen molar-refractivity contribution in [3.05, 3.63) is 67.1 Å². The van der Waals surface area contributed by atoms with Crippen LogP contribution in [-0.4, -0.2) is 8.42 Å². The van der Waals surface area contributed by atoms with Gasteiger partial charge in [0.15, 0.2) is 0 Å². The fourth-order valence-corrected chi connectivity index (χ4v) is 2.80. The van der Waals surface area contributed by atoms with E-state index in [1.165, 1.54) is 0 Å². The first-order valence-electron chi connectivity index (χ1n) is 4.83. The van der Waals surface area contributed by atoms with Crippen molar-refractivity contribution < 1.29 is 8.42 Å². The van der Waals surface area contributed by atoms with Crippen LogP contribution >= 0.6 is 0 Å². The molecule has 0 saturated heterocycles. The minimum absolute atomic E-state index is 0.284. The van der Waals surface area contributed by atoms with E-state index in [0.29, 0.717) is 10.5 Å². The van der Waals surface area contributed by atoms with Gasteiger partial charge in [-0.1, -0.05) is 30.3 Å². The molecular formula is C13H11O2S. The minimum Gasteiger partial charge on any atom is -0.219 e. The summed E-state index contributed by atoms with van der Waals surface area (Å²) in [6.45, 7) is 3.72. The van der Waals surface area contributed by atoms with Gasteiger partial charge in [0.1, 0.15) is 0 Å². The van der Waals surface area contributed by atoms with Crippen molar-refractivity contribution in [3.63, 3.8) is 0 Å². The summed E-state index contributed by atoms with van der Waals surface area (Å²) in [7, 11) is -3.40. The fourth-order valence-electron chi connectivity index (χ4n) is 1.45. The molecule has 0 aliphatic rings. The summed E-state index contributed by atoms with van der Waals surface area (Å²) >= 11 is 0. The lowest BCUT2D eigenvalue weighted by molar-refractivity contribution is 0.596. The van der Waals surface area contributed by atoms with Gasteiger partial charge < -0.3 is 0 Å². The zero-order valence-corrected chi connectivity index (χ0v) is 9.44. The second kappa shape index (κ2) is 4.10. The van der Waals surface area contributed by atoms with Crippen LogP contribution in [0.15, 0.2) is 64.4 Å². The van der Waals surface area contributed by atoms with E-state index in [-0.39, 0.29) is 4.90 Å². The minimum atomic E-state index is -3.40. The lowest BCUT2D eigenvalue weighted by Gasteiger charge is -2.04. The molecular weight excluding hydrogens is 220 g/mol. The molecule has 0 aliphatic heterocycles. The van der Waals surface area contributed by atoms with Crippen LogP contribution < -0.4 is 0 Å². The van der Waals surface area contributed by atoms with Crippen LogP contribution in [0, 0.1) is 6.92 Å². The van der Waals surface area contributed by atoms with E-state index in [1.807, 2.05) is 0 Å². The van der Waals surface area contributed by atoms with Gasteiger partial charge in [-0.05, 0) is 36.8 Å². The van der Waals surface area contributed by atoms with E-state index in [9.17, 15) is 8.42 Å². The molecule has 81 valence electrons. The maximum absolute atomic E-state index is 12.2. The topological polar surface area (TPSA) is 34.1 Å². The van der Waals surface area contributed by atoms with Crippen LogP contribution in [-0.2, 0) is 9.84 Å². The maximum atomic E-state index is 12.2. The second-order valence-electron chi connectivity index (χ2n) is 3.46. The Bertz CT molecular complexity index is 586. The molecule has 0 heterocycles. The van der Waals surface area contributed by atoms with Crippen LogP contribution in [0.1, 0.15) is 5.56 Å². The maximum Gasteiger partial charge on any atom is 0.206 e. The largest absolute Gasteiger partial charge is 0.219 e. The molecule has 2 nitrogen and oxygen atoms in total. The Kier molecular flexibility index (Phi) is 2.79. The normalized spacial score (nSPS) is 11.3. The number of hydrogen-bond acceptors (Lipinski definition) is 2. The Morgan fingerprint density at radius 3 is 2.06 bits per heavy atom. The molecule has 0 spiro atoms. The van der Waals surface area contributed by atoms with E-state index in [2.05, 4.69) is 6.92 Å². The molecule has 2 aromatic rings. The molecule has 2 aromatic carbocycles. The van der Waals surface area contributed by atoms with Gasteiger partial charge in [0.05, 0.1) is 9.79 Å². The van der Waals surface area contributed by atoms with Crippen molar-refractivity contribution in [1.29, 1.82) is 0 Å². The lowest BCUT2D eigenvalue weighted by Crippen LogP contribution is -2.01. The number of rotatable bonds is 2. The predicted molar refractivity (Wildman–Crippen MR) is 62.8 cm³/mol. The van der Waals surface area contributed by atoms with Gasteiger partial charge in [-0.3, -0.25) is 0 Å². The van der Waals surface area contributed by atoms with E-state index < -0.39 is 9.84 Å². The molecule has 0 N–H and O–H groups in total. The van der Waals surface area contributed by atoms with Crippen LogP contribution in [0.2, 0.25) is 0 Å². The van der Waals surface area contributed by atoms with Crippen molar-refractivity contribution in [2.75, 3.05) is 0 Å². The number of benzene rings is 2. The molecule has 0 bridgehead atoms. The van der Waals surface area contributed by atoms with Crippen molar-refractivity contribution in [3.8, 4) is 0 Å². The summed E-state index contributed by atoms with van der Waals surface area (Å²) in [5, 5.41) is 0. The van der Waals surface area contributed by atoms with Crippen LogP contribution in [0.5, 0.6) is 0 Å². The summed E-state index contributed by atoms with van der Waals surface area (Å²) in [6, 6.07) is 15.0. The Balaban J connectivity index is 2.56. The molecule has 0 unspecified atom stereocenters. The average Bonchev–Trinajstić information content (AvgIpc) is 2.30. The van der Waals surface area contributed by atoms with Crippen molar-refractivity contribution >= 4 is 9.84 Å². The average molecular weight is 231 g/mol. The van der Waals surface area contributed by atoms with Crippen molar-refractivity contribution in [1.82, 2.24) is 0 Å². The van der Waals surface area contributed by atoms with E-state index >= 15 is 0 Å². The van der Waals surface area contributed by atoms with Crippen LogP contribution in [0.4, 0.5) is 0 Å². The molecule has 0 atom stereocenters. The van der Waals surface area contributed by atoms with Crippen molar-refractivity contribution in [2.45, 2.75) is 9.79 Å². The second-order valence-corrected chi connectivity index (χ2v) is 5.41. The molecule has 0 aromatic heterocycles. The summed E-state index contributed by atoms with van der Waals surface area (Å²) < 4.78 is 24.3. The molecule has 0 aliphatic carbocycles. The molecule has 0 amide bonds. The van der Waals surface area contributed by atoms with Gasteiger partial charge in [0.2, 0.25) is 9.84 Å². The van der Waals surface area contributed by atoms with E-state index in [4.69, 9.17) is 0 Å². The third kappa shape index (κ3) is 1.99. The summed E-state index contributed by atoms with van der Waals surface area (Å²) in [5.74, 6) is 0. The molecule has 0 saturated carbocycles. The molecule has 0 fully saturated rings. The van der Waals surface area contributed by atoms with E-state index in [0.717, 1.165) is 0 Å². The Morgan fingerprint density at radius 2 is 1.44 bits per heavy atom. The van der Waals surface area contributed by atoms with Gasteiger partial charge in [-0.15, -0.1) is 0 Å². The van der Waals surface area contributed by atoms with Gasteiger partial charge >= 0.3 is 0 Å². The number of sulfone groups is 1. The third-order valence-electron chi connectivity index (χ3n) is 2.26. The van der Waals surface area contributed by atoms with Crippen LogP contribution in [0.25, 0.3) is 0 Å². The van der Waals surface area contributed by atoms with Gasteiger partial charge in [-0.25, -0.2) is 8.42 Å². The first kappa shape index (κ1) is 10.9. The molecule has 3 heteroatoms. The zero-order chi connectivity index (χ0) is 11.6. The SMILES string of the molecule is [CH2]c1cccc(S(=O)(=O)c2ccccc2)c1. The molecule has 1 radical (unpaired) electrons. The smallest absolute Gasteiger partial charge is 0.206 e. The van der Waals surface area contributed by atoms with E-state index in [1.54, 1.807) is 54.6 Å². The van der Waals surface area contributed by atoms with Gasteiger partial charge in [0, 0.05) is 0 Å². The Labute approximate surface area is 95.5 Å². The van der Waals surface area contributed by atoms with Gasteiger partial charge in [0.25, 0.3) is 0 Å². The Morgan fingerprint density at radius 1 is 0.812 bits per heavy atom. The predicted octanol–water partition coefficient (Wildman–Crippen LogP) is 2.70.